The van der Waals surface area contributed by atoms with Crippen molar-refractivity contribution in [3.05, 3.63) is 47.8 Å². The van der Waals surface area contributed by atoms with Gasteiger partial charge in [0.25, 0.3) is 0 Å². The molecule has 102 valence electrons. The molecule has 0 unspecified atom stereocenters. The van der Waals surface area contributed by atoms with Crippen molar-refractivity contribution in [3.63, 3.8) is 0 Å². The highest BCUT2D eigenvalue weighted by Crippen LogP contribution is 2.39. The maximum absolute atomic E-state index is 12.4. The molecule has 1 aromatic heterocycles. The van der Waals surface area contributed by atoms with E-state index < -0.39 is 5.41 Å². The van der Waals surface area contributed by atoms with Gasteiger partial charge in [0.2, 0.25) is 5.91 Å². The minimum atomic E-state index is -0.422. The Labute approximate surface area is 118 Å². The van der Waals surface area contributed by atoms with Crippen molar-refractivity contribution in [1.29, 1.82) is 0 Å². The highest BCUT2D eigenvalue weighted by Gasteiger charge is 2.40. The fraction of sp³-hybridized carbons (Fsp3) is 0.294. The Kier molecular flexibility index (Phi) is 2.68. The minimum absolute atomic E-state index is 0.0168. The van der Waals surface area contributed by atoms with E-state index in [4.69, 9.17) is 0 Å². The molecule has 0 spiro atoms. The molecule has 0 saturated carbocycles. The van der Waals surface area contributed by atoms with Crippen molar-refractivity contribution in [2.45, 2.75) is 27.2 Å². The molecule has 1 aromatic carbocycles. The van der Waals surface area contributed by atoms with Gasteiger partial charge in [-0.25, -0.2) is 0 Å². The number of aromatic nitrogens is 1. The number of nitrogens with zero attached hydrogens (tertiary/aromatic N) is 1. The maximum Gasteiger partial charge on any atom is 0.236 e. The number of Topliss-reactive ketones (excluding diaryl/α,β-unsaturated/α-hetero) is 1. The van der Waals surface area contributed by atoms with Gasteiger partial charge in [-0.1, -0.05) is 44.2 Å². The highest BCUT2D eigenvalue weighted by atomic mass is 16.2. The Hall–Kier alpha value is -2.16. The first-order valence-electron chi connectivity index (χ1n) is 6.77. The lowest BCUT2D eigenvalue weighted by atomic mass is 9.87. The Balaban J connectivity index is 2.24. The summed E-state index contributed by atoms with van der Waals surface area (Å²) in [5, 5.41) is 0. The molecule has 0 aliphatic carbocycles. The number of ketones is 1. The van der Waals surface area contributed by atoms with Gasteiger partial charge in [-0.05, 0) is 12.5 Å². The summed E-state index contributed by atoms with van der Waals surface area (Å²) < 4.78 is 1.67. The summed E-state index contributed by atoms with van der Waals surface area (Å²) >= 11 is 0. The lowest BCUT2D eigenvalue weighted by Crippen LogP contribution is -2.22. The predicted molar refractivity (Wildman–Crippen MR) is 78.0 cm³/mol. The largest absolute Gasteiger partial charge is 0.294 e. The molecule has 3 nitrogen and oxygen atoms in total. The molecule has 0 bridgehead atoms. The molecule has 0 radical (unpaired) electrons. The molecule has 0 fully saturated rings. The molecule has 2 aromatic rings. The van der Waals surface area contributed by atoms with Crippen molar-refractivity contribution in [2.24, 2.45) is 5.41 Å². The fourth-order valence-electron chi connectivity index (χ4n) is 2.95. The summed E-state index contributed by atoms with van der Waals surface area (Å²) in [5.74, 6) is 0.0836. The molecule has 3 rings (SSSR count). The number of rotatable bonds is 2. The molecule has 0 amide bonds. The summed E-state index contributed by atoms with van der Waals surface area (Å²) in [7, 11) is 0. The Morgan fingerprint density at radius 3 is 2.45 bits per heavy atom. The molecule has 2 heterocycles. The summed E-state index contributed by atoms with van der Waals surface area (Å²) in [6, 6.07) is 9.75. The van der Waals surface area contributed by atoms with E-state index in [1.54, 1.807) is 11.5 Å². The molecular weight excluding hydrogens is 250 g/mol. The standard InChI is InChI=1S/C17H17NO2/c1-11(19)15-13(12-7-5-4-6-8-12)10-18-14(15)9-17(2,3)16(18)20/h4-8,10H,9H2,1-3H3. The zero-order valence-electron chi connectivity index (χ0n) is 11.9. The molecule has 0 atom stereocenters. The van der Waals surface area contributed by atoms with Gasteiger partial charge in [0.15, 0.2) is 5.78 Å². The number of hydrogen-bond acceptors (Lipinski definition) is 2. The van der Waals surface area contributed by atoms with E-state index in [1.807, 2.05) is 50.4 Å². The second-order valence-corrected chi connectivity index (χ2v) is 6.02. The molecule has 0 N–H and O–H groups in total. The van der Waals surface area contributed by atoms with E-state index in [-0.39, 0.29) is 11.7 Å². The van der Waals surface area contributed by atoms with Crippen LogP contribution in [-0.4, -0.2) is 16.3 Å². The Morgan fingerprint density at radius 2 is 1.85 bits per heavy atom. The average molecular weight is 267 g/mol. The zero-order valence-corrected chi connectivity index (χ0v) is 11.9. The first-order valence-corrected chi connectivity index (χ1v) is 6.77. The van der Waals surface area contributed by atoms with Gasteiger partial charge in [-0.2, -0.15) is 0 Å². The van der Waals surface area contributed by atoms with Gasteiger partial charge < -0.3 is 0 Å². The molecule has 1 aliphatic heterocycles. The lowest BCUT2D eigenvalue weighted by Gasteiger charge is -2.14. The molecule has 1 aliphatic rings. The second kappa shape index (κ2) is 4.17. The van der Waals surface area contributed by atoms with Crippen LogP contribution in [0.5, 0.6) is 0 Å². The minimum Gasteiger partial charge on any atom is -0.294 e. The van der Waals surface area contributed by atoms with E-state index in [0.717, 1.165) is 16.8 Å². The van der Waals surface area contributed by atoms with Crippen molar-refractivity contribution < 1.29 is 9.59 Å². The number of carbonyl (C=O) groups excluding carboxylic acids is 2. The van der Waals surface area contributed by atoms with Crippen LogP contribution in [0, 0.1) is 5.41 Å². The second-order valence-electron chi connectivity index (χ2n) is 6.02. The van der Waals surface area contributed by atoms with Crippen LogP contribution >= 0.6 is 0 Å². The van der Waals surface area contributed by atoms with Gasteiger partial charge in [-0.15, -0.1) is 0 Å². The third-order valence-electron chi connectivity index (χ3n) is 3.95. The van der Waals surface area contributed by atoms with Gasteiger partial charge in [0, 0.05) is 34.9 Å². The van der Waals surface area contributed by atoms with Crippen LogP contribution in [0.3, 0.4) is 0 Å². The van der Waals surface area contributed by atoms with Crippen LogP contribution in [0.2, 0.25) is 0 Å². The van der Waals surface area contributed by atoms with Crippen LogP contribution in [0.25, 0.3) is 11.1 Å². The molecular formula is C17H17NO2. The summed E-state index contributed by atoms with van der Waals surface area (Å²) in [5.41, 5.74) is 2.96. The van der Waals surface area contributed by atoms with Gasteiger partial charge >= 0.3 is 0 Å². The molecule has 3 heteroatoms. The van der Waals surface area contributed by atoms with Crippen LogP contribution in [0.1, 0.15) is 41.6 Å². The summed E-state index contributed by atoms with van der Waals surface area (Å²) in [4.78, 5) is 24.4. The number of hydrogen-bond donors (Lipinski definition) is 0. The smallest absolute Gasteiger partial charge is 0.236 e. The van der Waals surface area contributed by atoms with Crippen LogP contribution < -0.4 is 0 Å². The Bertz CT molecular complexity index is 708. The predicted octanol–water partition coefficient (Wildman–Crippen LogP) is 3.58. The Morgan fingerprint density at radius 1 is 1.20 bits per heavy atom. The van der Waals surface area contributed by atoms with E-state index in [2.05, 4.69) is 0 Å². The van der Waals surface area contributed by atoms with Gasteiger partial charge in [0.1, 0.15) is 0 Å². The van der Waals surface area contributed by atoms with Crippen molar-refractivity contribution in [2.75, 3.05) is 0 Å². The summed E-state index contributed by atoms with van der Waals surface area (Å²) in [6.45, 7) is 5.42. The van der Waals surface area contributed by atoms with E-state index in [9.17, 15) is 9.59 Å². The third-order valence-corrected chi connectivity index (χ3v) is 3.95. The molecule has 0 saturated heterocycles. The van der Waals surface area contributed by atoms with Crippen molar-refractivity contribution >= 4 is 11.7 Å². The monoisotopic (exact) mass is 267 g/mol. The van der Waals surface area contributed by atoms with Crippen LogP contribution in [0.15, 0.2) is 36.5 Å². The lowest BCUT2D eigenvalue weighted by molar-refractivity contribution is 0.0790. The number of carbonyl (C=O) groups is 2. The van der Waals surface area contributed by atoms with Crippen LogP contribution in [0.4, 0.5) is 0 Å². The van der Waals surface area contributed by atoms with Crippen LogP contribution in [-0.2, 0) is 6.42 Å². The van der Waals surface area contributed by atoms with Gasteiger partial charge in [0.05, 0.1) is 0 Å². The SMILES string of the molecule is CC(=O)c1c(-c2ccccc2)cn2c1CC(C)(C)C2=O. The third kappa shape index (κ3) is 1.73. The van der Waals surface area contributed by atoms with Crippen molar-refractivity contribution in [1.82, 2.24) is 4.57 Å². The summed E-state index contributed by atoms with van der Waals surface area (Å²) in [6.07, 6.45) is 2.44. The number of fused-ring (bicyclic) bond motifs is 1. The topological polar surface area (TPSA) is 39.1 Å². The quantitative estimate of drug-likeness (QED) is 0.780. The van der Waals surface area contributed by atoms with Crippen molar-refractivity contribution in [3.8, 4) is 11.1 Å². The molecule has 20 heavy (non-hydrogen) atoms. The highest BCUT2D eigenvalue weighted by molar-refractivity contribution is 6.05. The fourth-order valence-corrected chi connectivity index (χ4v) is 2.95. The first-order chi connectivity index (χ1) is 9.42. The van der Waals surface area contributed by atoms with E-state index >= 15 is 0 Å². The normalized spacial score (nSPS) is 16.2. The van der Waals surface area contributed by atoms with E-state index in [1.165, 1.54) is 0 Å². The first kappa shape index (κ1) is 12.9. The number of benzene rings is 1. The zero-order chi connectivity index (χ0) is 14.5. The average Bonchev–Trinajstić information content (AvgIpc) is 2.86. The van der Waals surface area contributed by atoms with E-state index in [0.29, 0.717) is 12.0 Å². The van der Waals surface area contributed by atoms with Gasteiger partial charge in [-0.3, -0.25) is 14.2 Å². The maximum atomic E-state index is 12.4.